The zero-order chi connectivity index (χ0) is 25.4. The fourth-order valence-corrected chi connectivity index (χ4v) is 6.63. The summed E-state index contributed by atoms with van der Waals surface area (Å²) in [4.78, 5) is 46.0. The van der Waals surface area contributed by atoms with Gasteiger partial charge in [0, 0.05) is 42.4 Å². The Kier molecular flexibility index (Phi) is 6.78. The maximum absolute atomic E-state index is 13.0. The number of carbonyl (C=O) groups excluding carboxylic acids is 3. The van der Waals surface area contributed by atoms with Crippen molar-refractivity contribution in [1.29, 1.82) is 0 Å². The molecule has 4 aliphatic heterocycles. The average Bonchev–Trinajstić information content (AvgIpc) is 3.25. The molecule has 1 aromatic heterocycles. The van der Waals surface area contributed by atoms with E-state index < -0.39 is 6.04 Å². The Hall–Kier alpha value is -3.10. The number of fused-ring (bicyclic) bond motifs is 1. The van der Waals surface area contributed by atoms with E-state index in [1.54, 1.807) is 4.90 Å². The highest BCUT2D eigenvalue weighted by atomic mass is 16.2. The van der Waals surface area contributed by atoms with Crippen molar-refractivity contribution < 1.29 is 14.4 Å². The van der Waals surface area contributed by atoms with Crippen molar-refractivity contribution in [3.63, 3.8) is 0 Å². The van der Waals surface area contributed by atoms with Crippen molar-refractivity contribution in [3.05, 3.63) is 53.2 Å². The third kappa shape index (κ3) is 4.92. The number of rotatable bonds is 5. The molecule has 8 heteroatoms. The van der Waals surface area contributed by atoms with Gasteiger partial charge < -0.3 is 10.2 Å². The monoisotopic (exact) mass is 501 g/mol. The molecular formula is C29H35N5O3. The number of amides is 3. The van der Waals surface area contributed by atoms with Gasteiger partial charge in [0.15, 0.2) is 0 Å². The molecule has 5 heterocycles. The highest BCUT2D eigenvalue weighted by molar-refractivity contribution is 6.05. The van der Waals surface area contributed by atoms with Gasteiger partial charge in [0.25, 0.3) is 5.91 Å². The second-order valence-electron chi connectivity index (χ2n) is 10.9. The Morgan fingerprint density at radius 3 is 2.68 bits per heavy atom. The molecule has 1 aromatic carbocycles. The highest BCUT2D eigenvalue weighted by Crippen LogP contribution is 2.32. The van der Waals surface area contributed by atoms with Gasteiger partial charge in [-0.3, -0.25) is 29.6 Å². The summed E-state index contributed by atoms with van der Waals surface area (Å²) in [6.07, 6.45) is 9.88. The van der Waals surface area contributed by atoms with E-state index in [9.17, 15) is 14.4 Å². The standard InChI is InChI=1S/C29H35N5O3/c35-27-7-6-26(28(36)32-27)34-18-21-17-20(4-5-24(21)29(34)37)25-16-19(8-13-31-25)15-23-3-1-2-14-33(23)22-9-11-30-12-10-22/h4-5,8,13,16-17,22-23,26,30H,1-3,6-7,9-12,14-15,18H2,(H,32,35,36). The number of nitrogens with zero attached hydrogens (tertiary/aromatic N) is 3. The third-order valence-electron chi connectivity index (χ3n) is 8.57. The first-order valence-electron chi connectivity index (χ1n) is 13.8. The maximum atomic E-state index is 13.0. The first kappa shape index (κ1) is 24.2. The molecule has 194 valence electrons. The SMILES string of the molecule is O=C1CCC(N2Cc3cc(-c4cc(CC5CCCCN5C5CCNCC5)ccn4)ccc3C2=O)C(=O)N1. The molecule has 3 amide bonds. The fourth-order valence-electron chi connectivity index (χ4n) is 6.63. The molecule has 2 unspecified atom stereocenters. The van der Waals surface area contributed by atoms with E-state index in [2.05, 4.69) is 32.7 Å². The second-order valence-corrected chi connectivity index (χ2v) is 10.9. The zero-order valence-corrected chi connectivity index (χ0v) is 21.2. The van der Waals surface area contributed by atoms with Crippen LogP contribution in [0.1, 0.15) is 66.4 Å². The Balaban J connectivity index is 1.18. The minimum Gasteiger partial charge on any atom is -0.322 e. The number of imide groups is 1. The first-order valence-corrected chi connectivity index (χ1v) is 13.8. The van der Waals surface area contributed by atoms with Crippen LogP contribution in [0.4, 0.5) is 0 Å². The van der Waals surface area contributed by atoms with Crippen LogP contribution >= 0.6 is 0 Å². The summed E-state index contributed by atoms with van der Waals surface area (Å²) in [6.45, 7) is 3.82. The summed E-state index contributed by atoms with van der Waals surface area (Å²) in [5, 5.41) is 5.86. The fraction of sp³-hybridized carbons (Fsp3) is 0.517. The predicted molar refractivity (Wildman–Crippen MR) is 140 cm³/mol. The summed E-state index contributed by atoms with van der Waals surface area (Å²) in [7, 11) is 0. The van der Waals surface area contributed by atoms with Gasteiger partial charge in [0.2, 0.25) is 11.8 Å². The molecule has 0 aliphatic carbocycles. The molecule has 6 rings (SSSR count). The van der Waals surface area contributed by atoms with Crippen molar-refractivity contribution in [2.45, 2.75) is 76.0 Å². The Morgan fingerprint density at radius 2 is 1.84 bits per heavy atom. The topological polar surface area (TPSA) is 94.6 Å². The number of piperidine rings is 3. The van der Waals surface area contributed by atoms with Gasteiger partial charge in [-0.05, 0) is 93.6 Å². The maximum Gasteiger partial charge on any atom is 0.255 e. The van der Waals surface area contributed by atoms with Crippen LogP contribution in [0.5, 0.6) is 0 Å². The molecule has 0 radical (unpaired) electrons. The number of hydrogen-bond donors (Lipinski definition) is 2. The lowest BCUT2D eigenvalue weighted by atomic mass is 9.91. The molecule has 4 aliphatic rings. The summed E-state index contributed by atoms with van der Waals surface area (Å²) >= 11 is 0. The van der Waals surface area contributed by atoms with Crippen molar-refractivity contribution >= 4 is 17.7 Å². The van der Waals surface area contributed by atoms with E-state index in [4.69, 9.17) is 0 Å². The van der Waals surface area contributed by atoms with E-state index in [1.165, 1.54) is 44.2 Å². The Bertz CT molecular complexity index is 1210. The van der Waals surface area contributed by atoms with Crippen molar-refractivity contribution in [2.75, 3.05) is 19.6 Å². The van der Waals surface area contributed by atoms with Gasteiger partial charge in [0.05, 0.1) is 5.69 Å². The highest BCUT2D eigenvalue weighted by Gasteiger charge is 2.39. The molecule has 37 heavy (non-hydrogen) atoms. The molecule has 0 spiro atoms. The quantitative estimate of drug-likeness (QED) is 0.612. The number of pyridine rings is 1. The second kappa shape index (κ2) is 10.3. The summed E-state index contributed by atoms with van der Waals surface area (Å²) in [5.74, 6) is -0.799. The number of likely N-dealkylation sites (tertiary alicyclic amines) is 1. The van der Waals surface area contributed by atoms with Crippen LogP contribution < -0.4 is 10.6 Å². The largest absolute Gasteiger partial charge is 0.322 e. The van der Waals surface area contributed by atoms with Gasteiger partial charge >= 0.3 is 0 Å². The van der Waals surface area contributed by atoms with Gasteiger partial charge in [-0.15, -0.1) is 0 Å². The summed E-state index contributed by atoms with van der Waals surface area (Å²) in [5.41, 5.74) is 4.74. The lowest BCUT2D eigenvalue weighted by Crippen LogP contribution is -2.52. The molecule has 0 saturated carbocycles. The molecule has 8 nitrogen and oxygen atoms in total. The summed E-state index contributed by atoms with van der Waals surface area (Å²) < 4.78 is 0. The van der Waals surface area contributed by atoms with E-state index in [-0.39, 0.29) is 24.1 Å². The molecule has 2 aromatic rings. The number of nitrogens with one attached hydrogen (secondary N) is 2. The Morgan fingerprint density at radius 1 is 0.973 bits per heavy atom. The zero-order valence-electron chi connectivity index (χ0n) is 21.2. The van der Waals surface area contributed by atoms with Gasteiger partial charge in [0.1, 0.15) is 6.04 Å². The van der Waals surface area contributed by atoms with Gasteiger partial charge in [-0.2, -0.15) is 0 Å². The smallest absolute Gasteiger partial charge is 0.255 e. The van der Waals surface area contributed by atoms with E-state index >= 15 is 0 Å². The molecule has 3 fully saturated rings. The molecular weight excluding hydrogens is 466 g/mol. The number of benzene rings is 1. The number of carbonyl (C=O) groups is 3. The third-order valence-corrected chi connectivity index (χ3v) is 8.57. The van der Waals surface area contributed by atoms with E-state index in [0.29, 0.717) is 30.6 Å². The van der Waals surface area contributed by atoms with Gasteiger partial charge in [-0.25, -0.2) is 0 Å². The molecule has 2 atom stereocenters. The van der Waals surface area contributed by atoms with Crippen LogP contribution in [0.15, 0.2) is 36.5 Å². The van der Waals surface area contributed by atoms with Crippen LogP contribution in [0.3, 0.4) is 0 Å². The van der Waals surface area contributed by atoms with E-state index in [0.717, 1.165) is 36.3 Å². The lowest BCUT2D eigenvalue weighted by Gasteiger charge is -2.43. The molecule has 0 bridgehead atoms. The van der Waals surface area contributed by atoms with Crippen molar-refractivity contribution in [3.8, 4) is 11.3 Å². The minimum absolute atomic E-state index is 0.145. The summed E-state index contributed by atoms with van der Waals surface area (Å²) in [6, 6.07) is 10.9. The number of hydrogen-bond acceptors (Lipinski definition) is 6. The van der Waals surface area contributed by atoms with Crippen LogP contribution in [0.25, 0.3) is 11.3 Å². The first-order chi connectivity index (χ1) is 18.1. The van der Waals surface area contributed by atoms with Crippen molar-refractivity contribution in [1.82, 2.24) is 25.4 Å². The van der Waals surface area contributed by atoms with Crippen LogP contribution in [0.2, 0.25) is 0 Å². The van der Waals surface area contributed by atoms with Crippen LogP contribution in [-0.2, 0) is 22.6 Å². The van der Waals surface area contributed by atoms with Crippen molar-refractivity contribution in [2.24, 2.45) is 0 Å². The minimum atomic E-state index is -0.596. The normalized spacial score (nSPS) is 25.3. The van der Waals surface area contributed by atoms with Crippen LogP contribution in [-0.4, -0.2) is 70.3 Å². The van der Waals surface area contributed by atoms with E-state index in [1.807, 2.05) is 24.4 Å². The molecule has 3 saturated heterocycles. The van der Waals surface area contributed by atoms with Crippen LogP contribution in [0, 0.1) is 0 Å². The van der Waals surface area contributed by atoms with Gasteiger partial charge in [-0.1, -0.05) is 12.5 Å². The lowest BCUT2D eigenvalue weighted by molar-refractivity contribution is -0.136. The average molecular weight is 502 g/mol. The number of aromatic nitrogens is 1. The predicted octanol–water partition coefficient (Wildman–Crippen LogP) is 2.66. The molecule has 2 N–H and O–H groups in total. The Labute approximate surface area is 217 Å².